The molecule has 2 aromatic heterocycles. The van der Waals surface area contributed by atoms with Gasteiger partial charge in [-0.2, -0.15) is 0 Å². The number of anilines is 4. The van der Waals surface area contributed by atoms with Gasteiger partial charge in [0.1, 0.15) is 0 Å². The van der Waals surface area contributed by atoms with Crippen molar-refractivity contribution in [2.45, 2.75) is 50.6 Å². The van der Waals surface area contributed by atoms with E-state index in [1.54, 1.807) is 12.4 Å². The van der Waals surface area contributed by atoms with Gasteiger partial charge in [-0.25, -0.2) is 0 Å². The maximum absolute atomic E-state index is 11.6. The summed E-state index contributed by atoms with van der Waals surface area (Å²) in [7, 11) is 1.49. The van der Waals surface area contributed by atoms with Gasteiger partial charge in [0.2, 0.25) is 5.91 Å². The normalized spacial score (nSPS) is 19.5. The minimum absolute atomic E-state index is 0.0572. The Labute approximate surface area is 204 Å². The average Bonchev–Trinajstić information content (AvgIpc) is 2.89. The van der Waals surface area contributed by atoms with Crippen molar-refractivity contribution in [2.75, 3.05) is 16.0 Å². The van der Waals surface area contributed by atoms with Crippen molar-refractivity contribution in [2.24, 2.45) is 10.1 Å². The zero-order valence-corrected chi connectivity index (χ0v) is 19.4. The van der Waals surface area contributed by atoms with Crippen molar-refractivity contribution in [1.29, 1.82) is 0 Å². The van der Waals surface area contributed by atoms with Crippen LogP contribution in [0.3, 0.4) is 0 Å². The zero-order valence-electron chi connectivity index (χ0n) is 19.4. The quantitative estimate of drug-likeness (QED) is 0.351. The van der Waals surface area contributed by atoms with Crippen molar-refractivity contribution in [3.05, 3.63) is 54.5 Å². The van der Waals surface area contributed by atoms with Crippen molar-refractivity contribution < 1.29 is 4.79 Å². The number of rotatable bonds is 7. The van der Waals surface area contributed by atoms with Gasteiger partial charge in [-0.3, -0.25) is 9.78 Å². The molecule has 2 aliphatic rings. The van der Waals surface area contributed by atoms with Crippen LogP contribution in [0.15, 0.2) is 59.1 Å². The molecule has 3 N–H and O–H groups in total. The predicted octanol–water partition coefficient (Wildman–Crippen LogP) is 4.39. The van der Waals surface area contributed by atoms with Crippen molar-refractivity contribution in [3.63, 3.8) is 0 Å². The molecule has 1 amide bonds. The molecule has 0 bridgehead atoms. The van der Waals surface area contributed by atoms with Crippen LogP contribution in [0.25, 0.3) is 11.1 Å². The number of amides is 1. The molecule has 1 aromatic carbocycles. The first-order valence-corrected chi connectivity index (χ1v) is 11.9. The molecule has 0 saturated heterocycles. The summed E-state index contributed by atoms with van der Waals surface area (Å²) in [6.45, 7) is 3.60. The van der Waals surface area contributed by atoms with Gasteiger partial charge >= 0.3 is 141 Å². The number of aryl methyl sites for hydroxylation is 1. The third kappa shape index (κ3) is 5.59. The molecule has 3 aromatic rings. The molecule has 1 aliphatic carbocycles. The molecule has 0 unspecified atom stereocenters. The molecule has 10 heteroatoms. The second-order valence-corrected chi connectivity index (χ2v) is 8.80. The number of benzene rings is 1. The monoisotopic (exact) mass is 466 g/mol. The predicted molar refractivity (Wildman–Crippen MR) is 139 cm³/mol. The summed E-state index contributed by atoms with van der Waals surface area (Å²) >= 11 is 0. The molecule has 35 heavy (non-hydrogen) atoms. The van der Waals surface area contributed by atoms with Crippen LogP contribution in [0.1, 0.15) is 37.7 Å². The van der Waals surface area contributed by atoms with Crippen LogP contribution in [0.5, 0.6) is 0 Å². The molecule has 176 valence electrons. The Morgan fingerprint density at radius 1 is 1.09 bits per heavy atom. The van der Waals surface area contributed by atoms with Crippen molar-refractivity contribution in [3.8, 4) is 11.1 Å². The molecule has 1 fully saturated rings. The number of pyridine rings is 1. The third-order valence-electron chi connectivity index (χ3n) is 6.39. The second-order valence-electron chi connectivity index (χ2n) is 8.80. The van der Waals surface area contributed by atoms with E-state index in [1.165, 1.54) is 7.06 Å². The molecule has 0 spiro atoms. The first-order valence-electron chi connectivity index (χ1n) is 11.9. The number of carbonyl (C=O) groups excluding carboxylic acids is 1. The summed E-state index contributed by atoms with van der Waals surface area (Å²) in [5.41, 5.74) is 4.79. The number of hydrogen-bond acceptors (Lipinski definition) is 8. The minimum atomic E-state index is 0.0572. The van der Waals surface area contributed by atoms with Crippen LogP contribution in [-0.4, -0.2) is 46.5 Å². The Morgan fingerprint density at radius 3 is 2.71 bits per heavy atom. The topological polar surface area (TPSA) is 117 Å². The van der Waals surface area contributed by atoms with Crippen LogP contribution in [0, 0.1) is 0 Å². The van der Waals surface area contributed by atoms with Gasteiger partial charge in [0, 0.05) is 12.1 Å². The SMILES string of the molecule is C=BN=NC1CCC(Nc2nc(Nc3ccc4c(c3)CCC(=O)N4)ncc2-c2ccncc2)CC1. The van der Waals surface area contributed by atoms with Crippen LogP contribution < -0.4 is 16.0 Å². The third-order valence-corrected chi connectivity index (χ3v) is 6.39. The fourth-order valence-electron chi connectivity index (χ4n) is 4.56. The number of nitrogens with one attached hydrogen (secondary N) is 3. The molecular formula is C25H27BN8O. The van der Waals surface area contributed by atoms with Crippen LogP contribution in [0.4, 0.5) is 23.1 Å². The summed E-state index contributed by atoms with van der Waals surface area (Å²) in [5, 5.41) is 18.2. The summed E-state index contributed by atoms with van der Waals surface area (Å²) in [5.74, 6) is 1.36. The fraction of sp³-hybridized carbons (Fsp3) is 0.320. The van der Waals surface area contributed by atoms with Gasteiger partial charge in [-0.1, -0.05) is 0 Å². The molecular weight excluding hydrogens is 439 g/mol. The number of fused-ring (bicyclic) bond motifs is 1. The molecule has 0 atom stereocenters. The van der Waals surface area contributed by atoms with E-state index in [0.717, 1.165) is 66.0 Å². The molecule has 0 radical (unpaired) electrons. The first-order chi connectivity index (χ1) is 17.2. The van der Waals surface area contributed by atoms with Crippen molar-refractivity contribution >= 4 is 42.6 Å². The zero-order chi connectivity index (χ0) is 24.0. The first kappa shape index (κ1) is 22.8. The van der Waals surface area contributed by atoms with E-state index in [9.17, 15) is 4.79 Å². The maximum atomic E-state index is 11.6. The molecule has 1 aliphatic heterocycles. The van der Waals surface area contributed by atoms with E-state index in [0.29, 0.717) is 18.4 Å². The Kier molecular flexibility index (Phi) is 6.88. The summed E-state index contributed by atoms with van der Waals surface area (Å²) < 4.78 is 0. The van der Waals surface area contributed by atoms with E-state index in [-0.39, 0.29) is 11.9 Å². The van der Waals surface area contributed by atoms with E-state index < -0.39 is 0 Å². The van der Waals surface area contributed by atoms with E-state index >= 15 is 0 Å². The van der Waals surface area contributed by atoms with Gasteiger partial charge in [0.25, 0.3) is 0 Å². The summed E-state index contributed by atoms with van der Waals surface area (Å²) in [4.78, 5) is 25.2. The van der Waals surface area contributed by atoms with E-state index in [2.05, 4.69) is 42.5 Å². The van der Waals surface area contributed by atoms with Crippen molar-refractivity contribution in [1.82, 2.24) is 15.0 Å². The van der Waals surface area contributed by atoms with Crippen LogP contribution in [0.2, 0.25) is 0 Å². The van der Waals surface area contributed by atoms with Crippen LogP contribution >= 0.6 is 0 Å². The van der Waals surface area contributed by atoms with E-state index in [1.807, 2.05) is 36.5 Å². The van der Waals surface area contributed by atoms with E-state index in [4.69, 9.17) is 4.98 Å². The Hall–Kier alpha value is -3.95. The molecule has 9 nitrogen and oxygen atoms in total. The Morgan fingerprint density at radius 2 is 1.91 bits per heavy atom. The van der Waals surface area contributed by atoms with Gasteiger partial charge in [-0.05, 0) is 30.2 Å². The fourth-order valence-corrected chi connectivity index (χ4v) is 4.56. The summed E-state index contributed by atoms with van der Waals surface area (Å²) in [6.07, 6.45) is 10.5. The molecule has 3 heterocycles. The summed E-state index contributed by atoms with van der Waals surface area (Å²) in [6, 6.07) is 10.4. The number of hydrogen-bond donors (Lipinski definition) is 3. The second kappa shape index (κ2) is 10.5. The van der Waals surface area contributed by atoms with Gasteiger partial charge in [0.15, 0.2) is 0 Å². The Bertz CT molecular complexity index is 1240. The standard InChI is InChI=1S/C25H27BN8O/c1-26-34-33-19-5-3-18(4-6-19)29-24-21(16-10-12-27-13-11-16)15-28-25(32-24)30-20-7-8-22-17(14-20)2-9-23(35)31-22/h7-8,10-15,18-19H,1-6,9H2,(H,31,35)(H2,28,29,30,32). The number of aromatic nitrogens is 3. The van der Waals surface area contributed by atoms with Crippen LogP contribution in [-0.2, 0) is 11.2 Å². The number of nitrogens with zero attached hydrogens (tertiary/aromatic N) is 5. The van der Waals surface area contributed by atoms with Gasteiger partial charge in [-0.15, -0.1) is 0 Å². The Balaban J connectivity index is 1.36. The van der Waals surface area contributed by atoms with Gasteiger partial charge in [0.05, 0.1) is 0 Å². The number of carbonyl (C=O) groups is 1. The molecule has 5 rings (SSSR count). The average molecular weight is 466 g/mol. The molecule has 1 saturated carbocycles. The van der Waals surface area contributed by atoms with Gasteiger partial charge < -0.3 is 5.32 Å².